The highest BCUT2D eigenvalue weighted by Crippen LogP contribution is 2.36. The molecule has 1 heteroatoms. The predicted octanol–water partition coefficient (Wildman–Crippen LogP) is 2.46. The summed E-state index contributed by atoms with van der Waals surface area (Å²) in [7, 11) is 0. The van der Waals surface area contributed by atoms with Gasteiger partial charge in [0, 0.05) is 13.2 Å². The molecule has 64 valence electrons. The smallest absolute Gasteiger partial charge is 0.0494 e. The average molecular weight is 154 g/mol. The summed E-state index contributed by atoms with van der Waals surface area (Å²) in [5, 5.41) is 0. The zero-order chi connectivity index (χ0) is 7.68. The Morgan fingerprint density at radius 3 is 2.82 bits per heavy atom. The molecule has 1 saturated heterocycles. The van der Waals surface area contributed by atoms with Gasteiger partial charge < -0.3 is 4.74 Å². The molecule has 2 aliphatic rings. The van der Waals surface area contributed by atoms with E-state index in [-0.39, 0.29) is 0 Å². The van der Waals surface area contributed by atoms with Gasteiger partial charge in [-0.05, 0) is 43.4 Å². The molecule has 1 saturated carbocycles. The van der Waals surface area contributed by atoms with E-state index < -0.39 is 0 Å². The van der Waals surface area contributed by atoms with E-state index in [1.807, 2.05) is 0 Å². The van der Waals surface area contributed by atoms with Gasteiger partial charge in [0.2, 0.25) is 0 Å². The van der Waals surface area contributed by atoms with Crippen molar-refractivity contribution in [3.63, 3.8) is 0 Å². The van der Waals surface area contributed by atoms with Crippen LogP contribution in [0.4, 0.5) is 0 Å². The van der Waals surface area contributed by atoms with Crippen molar-refractivity contribution in [2.45, 2.75) is 32.6 Å². The Bertz CT molecular complexity index is 119. The molecular formula is C10H18O. The minimum atomic E-state index is 0.895. The molecular weight excluding hydrogens is 136 g/mol. The zero-order valence-electron chi connectivity index (χ0n) is 7.38. The largest absolute Gasteiger partial charge is 0.381 e. The van der Waals surface area contributed by atoms with Crippen LogP contribution in [0.5, 0.6) is 0 Å². The lowest BCUT2D eigenvalue weighted by Crippen LogP contribution is -2.21. The number of hydrogen-bond acceptors (Lipinski definition) is 1. The van der Waals surface area contributed by atoms with Crippen LogP contribution in [-0.4, -0.2) is 13.2 Å². The Labute approximate surface area is 69.1 Å². The molecule has 2 bridgehead atoms. The lowest BCUT2D eigenvalue weighted by atomic mass is 9.76. The first-order chi connectivity index (χ1) is 5.34. The molecule has 3 unspecified atom stereocenters. The minimum Gasteiger partial charge on any atom is -0.381 e. The first-order valence-corrected chi connectivity index (χ1v) is 4.92. The summed E-state index contributed by atoms with van der Waals surface area (Å²) in [6.45, 7) is 4.46. The normalized spacial score (nSPS) is 45.0. The summed E-state index contributed by atoms with van der Waals surface area (Å²) in [5.41, 5.74) is 0. The van der Waals surface area contributed by atoms with E-state index in [0.717, 1.165) is 31.0 Å². The van der Waals surface area contributed by atoms with E-state index >= 15 is 0 Å². The van der Waals surface area contributed by atoms with E-state index in [0.29, 0.717) is 0 Å². The molecule has 11 heavy (non-hydrogen) atoms. The molecule has 0 N–H and O–H groups in total. The fourth-order valence-corrected chi connectivity index (χ4v) is 2.77. The monoisotopic (exact) mass is 154 g/mol. The average Bonchev–Trinajstić information content (AvgIpc) is 2.11. The zero-order valence-corrected chi connectivity index (χ0v) is 7.38. The number of ether oxygens (including phenoxy) is 1. The van der Waals surface area contributed by atoms with Gasteiger partial charge in [0.1, 0.15) is 0 Å². The summed E-state index contributed by atoms with van der Waals surface area (Å²) < 4.78 is 5.56. The van der Waals surface area contributed by atoms with E-state index in [9.17, 15) is 0 Å². The summed E-state index contributed by atoms with van der Waals surface area (Å²) in [4.78, 5) is 0. The second-order valence-corrected chi connectivity index (χ2v) is 4.41. The highest BCUT2D eigenvalue weighted by Gasteiger charge is 2.28. The third-order valence-corrected chi connectivity index (χ3v) is 3.16. The molecule has 0 aromatic heterocycles. The van der Waals surface area contributed by atoms with Gasteiger partial charge in [-0.2, -0.15) is 0 Å². The van der Waals surface area contributed by atoms with Crippen LogP contribution in [0.15, 0.2) is 0 Å². The molecule has 2 fully saturated rings. The van der Waals surface area contributed by atoms with Gasteiger partial charge in [-0.25, -0.2) is 0 Å². The molecule has 0 amide bonds. The van der Waals surface area contributed by atoms with Crippen LogP contribution in [0.2, 0.25) is 0 Å². The lowest BCUT2D eigenvalue weighted by Gasteiger charge is -2.30. The van der Waals surface area contributed by atoms with Crippen molar-refractivity contribution in [3.8, 4) is 0 Å². The molecule has 1 aliphatic heterocycles. The topological polar surface area (TPSA) is 9.23 Å². The van der Waals surface area contributed by atoms with E-state index in [1.54, 1.807) is 0 Å². The first kappa shape index (κ1) is 7.60. The second kappa shape index (κ2) is 3.14. The van der Waals surface area contributed by atoms with Crippen LogP contribution in [0.1, 0.15) is 32.6 Å². The molecule has 1 nitrogen and oxygen atoms in total. The Hall–Kier alpha value is -0.0400. The van der Waals surface area contributed by atoms with Crippen molar-refractivity contribution in [2.75, 3.05) is 13.2 Å². The summed E-state index contributed by atoms with van der Waals surface area (Å²) in [6, 6.07) is 0. The van der Waals surface area contributed by atoms with Gasteiger partial charge in [0.25, 0.3) is 0 Å². The van der Waals surface area contributed by atoms with Crippen LogP contribution in [0.3, 0.4) is 0 Å². The standard InChI is InChI=1S/C10H18O/c1-8-4-9-2-3-11-7-10(5-8)6-9/h8-10H,2-7H2,1H3. The van der Waals surface area contributed by atoms with Crippen molar-refractivity contribution in [1.29, 1.82) is 0 Å². The molecule has 0 spiro atoms. The van der Waals surface area contributed by atoms with Gasteiger partial charge in [-0.1, -0.05) is 6.92 Å². The highest BCUT2D eigenvalue weighted by molar-refractivity contribution is 4.78. The maximum absolute atomic E-state index is 5.56. The van der Waals surface area contributed by atoms with Gasteiger partial charge in [-0.15, -0.1) is 0 Å². The maximum atomic E-state index is 5.56. The van der Waals surface area contributed by atoms with Crippen LogP contribution < -0.4 is 0 Å². The third-order valence-electron chi connectivity index (χ3n) is 3.16. The van der Waals surface area contributed by atoms with Crippen LogP contribution in [0, 0.1) is 17.8 Å². The van der Waals surface area contributed by atoms with Gasteiger partial charge in [-0.3, -0.25) is 0 Å². The number of hydrogen-bond donors (Lipinski definition) is 0. The lowest BCUT2D eigenvalue weighted by molar-refractivity contribution is 0.106. The molecule has 0 aromatic rings. The van der Waals surface area contributed by atoms with Crippen LogP contribution in [0.25, 0.3) is 0 Å². The molecule has 1 heterocycles. The van der Waals surface area contributed by atoms with Gasteiger partial charge in [0.05, 0.1) is 0 Å². The molecule has 3 atom stereocenters. The van der Waals surface area contributed by atoms with Crippen LogP contribution >= 0.6 is 0 Å². The van der Waals surface area contributed by atoms with E-state index in [4.69, 9.17) is 4.74 Å². The summed E-state index contributed by atoms with van der Waals surface area (Å²) in [6.07, 6.45) is 5.64. The first-order valence-electron chi connectivity index (χ1n) is 4.92. The number of rotatable bonds is 0. The SMILES string of the molecule is CC1CC2CCOCC(C1)C2. The fourth-order valence-electron chi connectivity index (χ4n) is 2.77. The summed E-state index contributed by atoms with van der Waals surface area (Å²) in [5.74, 6) is 2.85. The van der Waals surface area contributed by atoms with Crippen molar-refractivity contribution >= 4 is 0 Å². The van der Waals surface area contributed by atoms with Crippen molar-refractivity contribution in [2.24, 2.45) is 17.8 Å². The predicted molar refractivity (Wildman–Crippen MR) is 45.4 cm³/mol. The Balaban J connectivity index is 1.99. The molecule has 0 radical (unpaired) electrons. The van der Waals surface area contributed by atoms with E-state index in [2.05, 4.69) is 6.92 Å². The van der Waals surface area contributed by atoms with Gasteiger partial charge >= 0.3 is 0 Å². The second-order valence-electron chi connectivity index (χ2n) is 4.41. The Morgan fingerprint density at radius 1 is 1.09 bits per heavy atom. The molecule has 0 aromatic carbocycles. The maximum Gasteiger partial charge on any atom is 0.0494 e. The quantitative estimate of drug-likeness (QED) is 0.521. The minimum absolute atomic E-state index is 0.895. The molecule has 2 rings (SSSR count). The Morgan fingerprint density at radius 2 is 1.91 bits per heavy atom. The third kappa shape index (κ3) is 1.76. The van der Waals surface area contributed by atoms with Crippen LogP contribution in [-0.2, 0) is 4.74 Å². The molecule has 1 aliphatic carbocycles. The van der Waals surface area contributed by atoms with Crippen molar-refractivity contribution in [3.05, 3.63) is 0 Å². The fraction of sp³-hybridized carbons (Fsp3) is 1.00. The summed E-state index contributed by atoms with van der Waals surface area (Å²) >= 11 is 0. The Kier molecular flexibility index (Phi) is 2.17. The van der Waals surface area contributed by atoms with E-state index in [1.165, 1.54) is 25.7 Å². The van der Waals surface area contributed by atoms with Crippen molar-refractivity contribution in [1.82, 2.24) is 0 Å². The number of fused-ring (bicyclic) bond motifs is 2. The van der Waals surface area contributed by atoms with Gasteiger partial charge in [0.15, 0.2) is 0 Å². The highest BCUT2D eigenvalue weighted by atomic mass is 16.5. The van der Waals surface area contributed by atoms with Crippen molar-refractivity contribution < 1.29 is 4.74 Å².